The molecule has 0 spiro atoms. The van der Waals surface area contributed by atoms with Crippen LogP contribution >= 0.6 is 0 Å². The summed E-state index contributed by atoms with van der Waals surface area (Å²) in [6, 6.07) is 5.21. The predicted molar refractivity (Wildman–Crippen MR) is 163 cm³/mol. The van der Waals surface area contributed by atoms with Gasteiger partial charge in [-0.3, -0.25) is 23.7 Å². The molecule has 46 heavy (non-hydrogen) atoms. The zero-order chi connectivity index (χ0) is 32.8. The average Bonchev–Trinajstić information content (AvgIpc) is 3.65. The van der Waals surface area contributed by atoms with E-state index >= 15 is 0 Å². The van der Waals surface area contributed by atoms with Crippen LogP contribution < -0.4 is 10.6 Å². The number of alkyl halides is 3. The van der Waals surface area contributed by atoms with Gasteiger partial charge in [-0.05, 0) is 50.0 Å². The van der Waals surface area contributed by atoms with E-state index in [-0.39, 0.29) is 55.7 Å². The fraction of sp³-hybridized carbons (Fsp3) is 0.516. The maximum atomic E-state index is 13.6. The van der Waals surface area contributed by atoms with Gasteiger partial charge in [-0.1, -0.05) is 32.4 Å². The van der Waals surface area contributed by atoms with Crippen molar-refractivity contribution in [2.24, 2.45) is 0 Å². The Labute approximate surface area is 264 Å². The highest BCUT2D eigenvalue weighted by atomic mass is 19.4. The molecule has 2 N–H and O–H groups in total. The van der Waals surface area contributed by atoms with E-state index in [1.807, 2.05) is 6.92 Å². The van der Waals surface area contributed by atoms with Crippen LogP contribution in [0.2, 0.25) is 0 Å². The largest absolute Gasteiger partial charge is 0.428 e. The number of piperidine rings is 1. The zero-order valence-corrected chi connectivity index (χ0v) is 26.0. The van der Waals surface area contributed by atoms with Crippen LogP contribution in [0.15, 0.2) is 36.7 Å². The molecule has 1 aromatic carbocycles. The highest BCUT2D eigenvalue weighted by Crippen LogP contribution is 2.31. The summed E-state index contributed by atoms with van der Waals surface area (Å²) >= 11 is 0. The number of nitrogens with one attached hydrogen (secondary N) is 2. The third-order valence-electron chi connectivity index (χ3n) is 8.24. The van der Waals surface area contributed by atoms with Crippen molar-refractivity contribution < 1.29 is 32.3 Å². The lowest BCUT2D eigenvalue weighted by atomic mass is 10.0. The molecule has 1 fully saturated rings. The van der Waals surface area contributed by atoms with E-state index in [1.54, 1.807) is 12.3 Å². The molecule has 5 rings (SSSR count). The average molecular weight is 645 g/mol. The van der Waals surface area contributed by atoms with E-state index in [9.17, 15) is 27.6 Å². The maximum Gasteiger partial charge on any atom is 0.416 e. The number of halogens is 3. The van der Waals surface area contributed by atoms with Crippen LogP contribution in [-0.2, 0) is 29.0 Å². The third-order valence-corrected chi connectivity index (χ3v) is 8.24. The lowest BCUT2D eigenvalue weighted by Crippen LogP contribution is -2.46. The fourth-order valence-corrected chi connectivity index (χ4v) is 5.91. The number of ketones is 1. The number of carbonyl (C=O) groups excluding carboxylic acids is 3. The summed E-state index contributed by atoms with van der Waals surface area (Å²) < 4.78 is 48.2. The molecule has 12 nitrogen and oxygen atoms in total. The normalized spacial score (nSPS) is 17.0. The van der Waals surface area contributed by atoms with Crippen molar-refractivity contribution in [3.05, 3.63) is 53.5 Å². The standard InChI is InChI=1S/C31H39F3N8O4/c1-3-8-25(43)18-40-19-36-27-26(29(40)44)42(20-46-30(45)35-15-24-11-5-6-12-39(24)4-2)28(38-27)22-14-37-41(17-22)16-21-9-7-10-23(13-21)31(32,33)34/h7,9-10,13-14,17,24,36H,3-6,8,11-12,15-16,18-20H2,1-2H3,(H,35,45)/t24-/m0/s1. The molecular weight excluding hydrogens is 605 g/mol. The number of ether oxygens (including phenoxy) is 1. The first-order valence-corrected chi connectivity index (χ1v) is 15.6. The number of likely N-dealkylation sites (N-methyl/N-ethyl adjacent to an activating group) is 1. The van der Waals surface area contributed by atoms with Crippen LogP contribution in [0, 0.1) is 0 Å². The molecule has 15 heteroatoms. The Morgan fingerprint density at radius 2 is 2.02 bits per heavy atom. The topological polar surface area (TPSA) is 127 Å². The van der Waals surface area contributed by atoms with Crippen molar-refractivity contribution in [3.8, 4) is 11.4 Å². The van der Waals surface area contributed by atoms with Crippen LogP contribution in [0.3, 0.4) is 0 Å². The van der Waals surface area contributed by atoms with Crippen molar-refractivity contribution >= 4 is 23.6 Å². The summed E-state index contributed by atoms with van der Waals surface area (Å²) in [6.07, 6.45) is 2.15. The number of amides is 2. The molecule has 0 aliphatic carbocycles. The molecule has 0 radical (unpaired) electrons. The maximum absolute atomic E-state index is 13.6. The third kappa shape index (κ3) is 7.69. The summed E-state index contributed by atoms with van der Waals surface area (Å²) in [6.45, 7) is 5.98. The van der Waals surface area contributed by atoms with Gasteiger partial charge in [0, 0.05) is 25.2 Å². The number of carbonyl (C=O) groups is 3. The molecule has 0 saturated carbocycles. The number of alkyl carbamates (subject to hydrolysis) is 1. The Kier molecular flexibility index (Phi) is 10.3. The lowest BCUT2D eigenvalue weighted by molar-refractivity contribution is -0.137. The van der Waals surface area contributed by atoms with Gasteiger partial charge in [0.1, 0.15) is 5.82 Å². The van der Waals surface area contributed by atoms with Crippen molar-refractivity contribution in [1.82, 2.24) is 34.4 Å². The SMILES string of the molecule is CCCC(=O)CN1CNc2nc(-c3cnn(Cc4cccc(C(F)(F)F)c4)c3)n(COC(=O)NC[C@@H]3CCCCN3CC)c2C1=O. The predicted octanol–water partition coefficient (Wildman–Crippen LogP) is 4.57. The highest BCUT2D eigenvalue weighted by Gasteiger charge is 2.34. The van der Waals surface area contributed by atoms with E-state index in [0.717, 1.165) is 44.5 Å². The van der Waals surface area contributed by atoms with Crippen molar-refractivity contribution in [1.29, 1.82) is 0 Å². The van der Waals surface area contributed by atoms with E-state index < -0.39 is 23.7 Å². The molecule has 4 heterocycles. The molecule has 2 aliphatic heterocycles. The minimum atomic E-state index is -4.47. The number of fused-ring (bicyclic) bond motifs is 1. The van der Waals surface area contributed by atoms with E-state index in [4.69, 9.17) is 4.74 Å². The van der Waals surface area contributed by atoms with Gasteiger partial charge in [0.25, 0.3) is 5.91 Å². The summed E-state index contributed by atoms with van der Waals surface area (Å²) in [5.41, 5.74) is 0.215. The Hall–Kier alpha value is -4.40. The number of Topliss-reactive ketones (excluding diaryl/α,β-unsaturated/α-hetero) is 1. The molecule has 2 amide bonds. The highest BCUT2D eigenvalue weighted by molar-refractivity contribution is 6.01. The van der Waals surface area contributed by atoms with Gasteiger partial charge >= 0.3 is 12.3 Å². The van der Waals surface area contributed by atoms with Gasteiger partial charge in [0.05, 0.1) is 37.1 Å². The van der Waals surface area contributed by atoms with E-state index in [2.05, 4.69) is 32.5 Å². The summed E-state index contributed by atoms with van der Waals surface area (Å²) in [7, 11) is 0. The second-order valence-electron chi connectivity index (χ2n) is 11.5. The number of hydrogen-bond donors (Lipinski definition) is 2. The Balaban J connectivity index is 1.37. The second kappa shape index (κ2) is 14.4. The van der Waals surface area contributed by atoms with Crippen molar-refractivity contribution in [2.75, 3.05) is 38.2 Å². The number of nitrogens with zero attached hydrogens (tertiary/aromatic N) is 6. The number of benzene rings is 1. The molecule has 2 aromatic heterocycles. The van der Waals surface area contributed by atoms with E-state index in [1.165, 1.54) is 26.4 Å². The molecule has 3 aromatic rings. The van der Waals surface area contributed by atoms with Crippen molar-refractivity contribution in [3.63, 3.8) is 0 Å². The summed E-state index contributed by atoms with van der Waals surface area (Å²) in [5, 5.41) is 10.2. The number of hydrogen-bond acceptors (Lipinski definition) is 8. The van der Waals surface area contributed by atoms with Crippen LogP contribution in [0.25, 0.3) is 11.4 Å². The van der Waals surface area contributed by atoms with Gasteiger partial charge in [-0.2, -0.15) is 18.3 Å². The van der Waals surface area contributed by atoms with Crippen molar-refractivity contribution in [2.45, 2.75) is 71.4 Å². The second-order valence-corrected chi connectivity index (χ2v) is 11.5. The Morgan fingerprint density at radius 3 is 2.78 bits per heavy atom. The van der Waals surface area contributed by atoms with Crippen LogP contribution in [0.5, 0.6) is 0 Å². The zero-order valence-electron chi connectivity index (χ0n) is 26.0. The first-order valence-electron chi connectivity index (χ1n) is 15.6. The smallest absolute Gasteiger partial charge is 0.416 e. The van der Waals surface area contributed by atoms with Gasteiger partial charge < -0.3 is 20.3 Å². The van der Waals surface area contributed by atoms with Crippen LogP contribution in [-0.4, -0.2) is 85.8 Å². The first kappa shape index (κ1) is 33.0. The van der Waals surface area contributed by atoms with Gasteiger partial charge in [0.15, 0.2) is 24.0 Å². The van der Waals surface area contributed by atoms with E-state index in [0.29, 0.717) is 30.5 Å². The Bertz CT molecular complexity index is 1550. The minimum absolute atomic E-state index is 0.0592. The monoisotopic (exact) mass is 644 g/mol. The number of rotatable bonds is 12. The summed E-state index contributed by atoms with van der Waals surface area (Å²) in [5.74, 6) is -0.00410. The molecular formula is C31H39F3N8O4. The number of imidazole rings is 1. The molecule has 1 saturated heterocycles. The molecule has 0 bridgehead atoms. The molecule has 248 valence electrons. The molecule has 1 atom stereocenters. The molecule has 0 unspecified atom stereocenters. The molecule has 2 aliphatic rings. The van der Waals surface area contributed by atoms with Crippen LogP contribution in [0.4, 0.5) is 23.8 Å². The van der Waals surface area contributed by atoms with Crippen LogP contribution in [0.1, 0.15) is 67.6 Å². The Morgan fingerprint density at radius 1 is 1.20 bits per heavy atom. The summed E-state index contributed by atoms with van der Waals surface area (Å²) in [4.78, 5) is 47.1. The minimum Gasteiger partial charge on any atom is -0.428 e. The number of likely N-dealkylation sites (tertiary alicyclic amines) is 1. The number of anilines is 1. The quantitative estimate of drug-likeness (QED) is 0.294. The van der Waals surface area contributed by atoms with Gasteiger partial charge in [-0.15, -0.1) is 0 Å². The first-order chi connectivity index (χ1) is 22.1. The van der Waals surface area contributed by atoms with Gasteiger partial charge in [0.2, 0.25) is 0 Å². The fourth-order valence-electron chi connectivity index (χ4n) is 5.91. The van der Waals surface area contributed by atoms with Gasteiger partial charge in [-0.25, -0.2) is 9.78 Å². The lowest BCUT2D eigenvalue weighted by Gasteiger charge is -2.34. The number of aromatic nitrogens is 4.